The average molecular weight is 1380 g/mol. The van der Waals surface area contributed by atoms with E-state index in [4.69, 9.17) is 23.2 Å². The molecule has 2 aliphatic carbocycles. The van der Waals surface area contributed by atoms with Gasteiger partial charge in [0.1, 0.15) is 5.82 Å². The van der Waals surface area contributed by atoms with E-state index in [-0.39, 0.29) is 5.82 Å². The lowest BCUT2D eigenvalue weighted by Crippen LogP contribution is -2.35. The Labute approximate surface area is 616 Å². The first kappa shape index (κ1) is 85.4. The maximum Gasteiger partial charge on any atom is 0.126 e. The first-order valence-electron chi connectivity index (χ1n) is 38.1. The van der Waals surface area contributed by atoms with Gasteiger partial charge in [-0.05, 0) is 237 Å². The summed E-state index contributed by atoms with van der Waals surface area (Å²) in [5.41, 5.74) is 18.9. The molecule has 0 unspecified atom stereocenters. The van der Waals surface area contributed by atoms with Crippen LogP contribution in [0.1, 0.15) is 259 Å². The minimum atomic E-state index is -0.116. The van der Waals surface area contributed by atoms with Crippen LogP contribution in [-0.4, -0.2) is 30.1 Å². The highest BCUT2D eigenvalue weighted by molar-refractivity contribution is 6.31. The molecule has 0 amide bonds. The number of hydrogen-bond acceptors (Lipinski definition) is 2. The summed E-state index contributed by atoms with van der Waals surface area (Å²) in [6.45, 7) is 49.7. The summed E-state index contributed by atoms with van der Waals surface area (Å²) < 4.78 is 12.8. The lowest BCUT2D eigenvalue weighted by atomic mass is 9.82. The van der Waals surface area contributed by atoms with Gasteiger partial charge >= 0.3 is 0 Å². The molecule has 0 N–H and O–H groups in total. The number of hydrogen-bond donors (Lipinski definition) is 0. The zero-order valence-electron chi connectivity index (χ0n) is 65.7. The molecule has 2 aliphatic heterocycles. The van der Waals surface area contributed by atoms with Crippen molar-refractivity contribution in [2.24, 2.45) is 29.6 Å². The largest absolute Gasteiger partial charge is 0.369 e. The van der Waals surface area contributed by atoms with Crippen LogP contribution in [0.25, 0.3) is 0 Å². The first-order valence-corrected chi connectivity index (χ1v) is 38.9. The van der Waals surface area contributed by atoms with Crippen LogP contribution in [0.2, 0.25) is 10.0 Å². The summed E-state index contributed by atoms with van der Waals surface area (Å²) in [5, 5.41) is 1.74. The van der Waals surface area contributed by atoms with Crippen molar-refractivity contribution in [3.8, 4) is 0 Å². The number of halogens is 3. The van der Waals surface area contributed by atoms with Gasteiger partial charge in [0, 0.05) is 47.5 Å². The fourth-order valence-electron chi connectivity index (χ4n) is 13.0. The minimum Gasteiger partial charge on any atom is -0.369 e. The molecule has 0 aromatic heterocycles. The van der Waals surface area contributed by atoms with E-state index in [1.165, 1.54) is 140 Å². The predicted octanol–water partition coefficient (Wildman–Crippen LogP) is 28.1. The highest BCUT2D eigenvalue weighted by Gasteiger charge is 2.23. The van der Waals surface area contributed by atoms with Gasteiger partial charge in [-0.15, -0.1) is 0 Å². The Morgan fingerprint density at radius 1 is 0.404 bits per heavy atom. The van der Waals surface area contributed by atoms with Crippen LogP contribution in [0, 0.1) is 56.2 Å². The highest BCUT2D eigenvalue weighted by Crippen LogP contribution is 2.33. The number of anilines is 1. The molecule has 0 atom stereocenters. The van der Waals surface area contributed by atoms with E-state index >= 15 is 0 Å². The van der Waals surface area contributed by atoms with E-state index in [9.17, 15) is 4.39 Å². The van der Waals surface area contributed by atoms with Crippen LogP contribution in [0.15, 0.2) is 188 Å². The third-order valence-corrected chi connectivity index (χ3v) is 20.5. The fraction of sp³-hybridized carbons (Fsp3) is 0.489. The maximum atomic E-state index is 12.8. The number of aryl methyl sites for hydroxylation is 4. The van der Waals surface area contributed by atoms with E-state index in [1.54, 1.807) is 23.6 Å². The Hall–Kier alpha value is -5.97. The fourth-order valence-corrected chi connectivity index (χ4v) is 13.6. The summed E-state index contributed by atoms with van der Waals surface area (Å²) in [6, 6.07) is 66.5. The monoisotopic (exact) mass is 1380 g/mol. The number of nitrogens with zero attached hydrogens (tertiary/aromatic N) is 2. The summed E-state index contributed by atoms with van der Waals surface area (Å²) in [7, 11) is 0. The van der Waals surface area contributed by atoms with Gasteiger partial charge < -0.3 is 4.90 Å². The molecule has 2 nitrogen and oxygen atoms in total. The highest BCUT2D eigenvalue weighted by atomic mass is 35.5. The number of para-hydroxylation sites is 1. The van der Waals surface area contributed by atoms with Gasteiger partial charge in [0.15, 0.2) is 0 Å². The van der Waals surface area contributed by atoms with Crippen LogP contribution in [0.5, 0.6) is 0 Å². The molecule has 12 rings (SSSR count). The third-order valence-electron chi connectivity index (χ3n) is 19.7. The molecule has 8 aromatic rings. The van der Waals surface area contributed by atoms with Gasteiger partial charge in [-0.1, -0.05) is 316 Å². The lowest BCUT2D eigenvalue weighted by molar-refractivity contribution is 0.203. The molecular formula is C94H133Cl2FN2. The minimum absolute atomic E-state index is 0.116. The van der Waals surface area contributed by atoms with Gasteiger partial charge in [0.05, 0.1) is 0 Å². The van der Waals surface area contributed by atoms with Crippen molar-refractivity contribution in [3.05, 3.63) is 276 Å². The summed E-state index contributed by atoms with van der Waals surface area (Å²) in [5.74, 6) is 6.61. The standard InChI is InChI=1S/2C12H17N.C12H16.2C10H13Cl.C10H13F.C10H14.C9H18.C9H12/c1-10(2)13-9-5-7-11-6-3-4-8-12(11)13;1-10(2)13-8-7-11-5-3-4-6-12(11)9-13;1-9(2)12-7-10-5-3-4-6-11(10)8-12;1-7(2)9-4-5-10(11)8(3)6-9;1-7(2)9-5-4-8(3)6-10(9)11;1-7(2)9-4-5-10(11)8(3)6-9;1-9(2)8-10-6-4-3-5-7-10;2*1-8(2)9-6-4-3-5-7-9/h3-4,6,8,10H,5,7,9H2,1-2H3;3-6,10H,7-9H2,1-2H3;3-6,9,12H,7-8H2,1-2H3;3*4-7H,1-3H3;3-7,9H,8H2,1-2H3;8-9H,3-7H2,1-2H3;3-8H,1-2H3. The van der Waals surface area contributed by atoms with Gasteiger partial charge in [-0.25, -0.2) is 4.39 Å². The molecule has 5 heteroatoms. The SMILES string of the molecule is CC(C)C1CCCCC1.CC(C)C1Cc2ccccc2C1.CC(C)Cc1ccccc1.CC(C)N1CCCc2ccccc21.CC(C)N1CCc2ccccc2C1.CC(C)c1ccccc1.Cc1cc(C(C)C)ccc1Cl.Cc1cc(C(C)C)ccc1F.Cc1ccc(C(C)C)c(Cl)c1. The van der Waals surface area contributed by atoms with E-state index in [0.717, 1.165) is 57.3 Å². The van der Waals surface area contributed by atoms with E-state index in [1.807, 2.05) is 37.3 Å². The molecule has 0 radical (unpaired) electrons. The molecule has 2 heterocycles. The molecule has 0 spiro atoms. The van der Waals surface area contributed by atoms with Crippen molar-refractivity contribution in [2.45, 2.75) is 258 Å². The number of benzene rings is 8. The second kappa shape index (κ2) is 45.8. The van der Waals surface area contributed by atoms with Crippen LogP contribution in [0.3, 0.4) is 0 Å². The van der Waals surface area contributed by atoms with Gasteiger partial charge in [0.2, 0.25) is 0 Å². The Bertz CT molecular complexity index is 3380. The van der Waals surface area contributed by atoms with Crippen LogP contribution >= 0.6 is 23.2 Å². The van der Waals surface area contributed by atoms with E-state index in [0.29, 0.717) is 35.8 Å². The van der Waals surface area contributed by atoms with Crippen molar-refractivity contribution in [1.29, 1.82) is 0 Å². The van der Waals surface area contributed by atoms with Crippen molar-refractivity contribution in [1.82, 2.24) is 4.90 Å². The first-order chi connectivity index (χ1) is 47.1. The summed E-state index contributed by atoms with van der Waals surface area (Å²) in [6.07, 6.45) is 15.0. The van der Waals surface area contributed by atoms with Crippen molar-refractivity contribution >= 4 is 28.9 Å². The molecule has 0 saturated heterocycles. The van der Waals surface area contributed by atoms with Crippen molar-refractivity contribution in [2.75, 3.05) is 18.0 Å². The van der Waals surface area contributed by atoms with Gasteiger partial charge in [0.25, 0.3) is 0 Å². The van der Waals surface area contributed by atoms with E-state index in [2.05, 4.69) is 293 Å². The summed E-state index contributed by atoms with van der Waals surface area (Å²) in [4.78, 5) is 5.03. The zero-order valence-corrected chi connectivity index (χ0v) is 67.2. The molecule has 8 aromatic carbocycles. The number of rotatable bonds is 10. The van der Waals surface area contributed by atoms with E-state index < -0.39 is 0 Å². The van der Waals surface area contributed by atoms with Crippen molar-refractivity contribution in [3.63, 3.8) is 0 Å². The molecule has 99 heavy (non-hydrogen) atoms. The molecule has 1 fully saturated rings. The van der Waals surface area contributed by atoms with Crippen LogP contribution < -0.4 is 4.90 Å². The second-order valence-electron chi connectivity index (χ2n) is 31.1. The Morgan fingerprint density at radius 3 is 1.36 bits per heavy atom. The van der Waals surface area contributed by atoms with Gasteiger partial charge in [-0.3, -0.25) is 4.90 Å². The van der Waals surface area contributed by atoms with Crippen LogP contribution in [0.4, 0.5) is 10.1 Å². The zero-order chi connectivity index (χ0) is 73.1. The van der Waals surface area contributed by atoms with Crippen LogP contribution in [-0.2, 0) is 38.6 Å². The average Bonchev–Trinajstić information content (AvgIpc) is 1.74. The topological polar surface area (TPSA) is 6.48 Å². The Kier molecular flexibility index (Phi) is 39.5. The maximum absolute atomic E-state index is 12.8. The third kappa shape index (κ3) is 31.9. The second-order valence-corrected chi connectivity index (χ2v) is 31.9. The van der Waals surface area contributed by atoms with Crippen molar-refractivity contribution < 1.29 is 4.39 Å². The Balaban J connectivity index is 0.000000237. The lowest BCUT2D eigenvalue weighted by Gasteiger charge is -2.34. The summed E-state index contributed by atoms with van der Waals surface area (Å²) >= 11 is 11.9. The predicted molar refractivity (Wildman–Crippen MR) is 438 cm³/mol. The number of fused-ring (bicyclic) bond motifs is 3. The normalized spacial score (nSPS) is 14.1. The quantitative estimate of drug-likeness (QED) is 0.135. The smallest absolute Gasteiger partial charge is 0.126 e. The molecule has 4 aliphatic rings. The molecule has 540 valence electrons. The molecule has 1 saturated carbocycles. The van der Waals surface area contributed by atoms with Gasteiger partial charge in [-0.2, -0.15) is 0 Å². The Morgan fingerprint density at radius 2 is 0.899 bits per heavy atom. The molecule has 0 bridgehead atoms. The molecular weight excluding hydrogens is 1250 g/mol.